The van der Waals surface area contributed by atoms with E-state index in [4.69, 9.17) is 4.74 Å². The van der Waals surface area contributed by atoms with E-state index in [0.29, 0.717) is 6.42 Å². The number of rotatable bonds is 5. The van der Waals surface area contributed by atoms with E-state index in [-0.39, 0.29) is 23.1 Å². The summed E-state index contributed by atoms with van der Waals surface area (Å²) < 4.78 is 5.13. The molecule has 0 aliphatic rings. The summed E-state index contributed by atoms with van der Waals surface area (Å²) in [6.45, 7) is 1.96. The van der Waals surface area contributed by atoms with Gasteiger partial charge in [0.05, 0.1) is 7.11 Å². The normalized spacial score (nSPS) is 11.8. The lowest BCUT2D eigenvalue weighted by Crippen LogP contribution is -2.38. The van der Waals surface area contributed by atoms with Crippen LogP contribution >= 0.6 is 0 Å². The fourth-order valence-corrected chi connectivity index (χ4v) is 2.22. The molecule has 0 fully saturated rings. The Morgan fingerprint density at radius 3 is 2.55 bits per heavy atom. The van der Waals surface area contributed by atoms with E-state index >= 15 is 0 Å². The summed E-state index contributed by atoms with van der Waals surface area (Å²) in [4.78, 5) is 28.2. The van der Waals surface area contributed by atoms with Gasteiger partial charge in [0.1, 0.15) is 11.3 Å². The third-order valence-corrected chi connectivity index (χ3v) is 3.72. The van der Waals surface area contributed by atoms with Gasteiger partial charge in [-0.05, 0) is 43.2 Å². The van der Waals surface area contributed by atoms with Crippen molar-refractivity contribution in [3.8, 4) is 5.75 Å². The first-order valence-electron chi connectivity index (χ1n) is 7.10. The average Bonchev–Trinajstić information content (AvgIpc) is 2.54. The number of nitrogens with zero attached hydrogens (tertiary/aromatic N) is 1. The first-order valence-corrected chi connectivity index (χ1v) is 7.10. The molecule has 1 amide bonds. The van der Waals surface area contributed by atoms with Crippen LogP contribution in [0.4, 0.5) is 0 Å². The number of aromatic nitrogens is 1. The van der Waals surface area contributed by atoms with Crippen molar-refractivity contribution >= 4 is 5.91 Å². The van der Waals surface area contributed by atoms with Crippen molar-refractivity contribution in [2.24, 2.45) is 0 Å². The minimum absolute atomic E-state index is 0.0273. The summed E-state index contributed by atoms with van der Waals surface area (Å²) in [5.74, 6) is 0.527. The molecule has 22 heavy (non-hydrogen) atoms. The third-order valence-electron chi connectivity index (χ3n) is 3.72. The van der Waals surface area contributed by atoms with Crippen LogP contribution in [0.1, 0.15) is 22.8 Å². The van der Waals surface area contributed by atoms with E-state index in [0.717, 1.165) is 11.3 Å². The second kappa shape index (κ2) is 6.93. The number of carbonyl (C=O) groups is 1. The number of ether oxygens (including phenoxy) is 1. The Morgan fingerprint density at radius 1 is 1.27 bits per heavy atom. The standard InChI is InChI=1S/C17H20N2O3/c1-12(11-13-6-8-14(22-3)9-7-13)19(2)17(21)15-5-4-10-18-16(15)20/h4-10,12H,11H2,1-3H3,(H,18,20). The van der Waals surface area contributed by atoms with Crippen LogP contribution in [0.25, 0.3) is 0 Å². The number of nitrogens with one attached hydrogen (secondary N) is 1. The predicted molar refractivity (Wildman–Crippen MR) is 85.3 cm³/mol. The highest BCUT2D eigenvalue weighted by Crippen LogP contribution is 2.14. The van der Waals surface area contributed by atoms with Crippen molar-refractivity contribution in [1.82, 2.24) is 9.88 Å². The van der Waals surface area contributed by atoms with E-state index in [1.54, 1.807) is 25.1 Å². The van der Waals surface area contributed by atoms with Gasteiger partial charge in [-0.2, -0.15) is 0 Å². The fraction of sp³-hybridized carbons (Fsp3) is 0.294. The lowest BCUT2D eigenvalue weighted by atomic mass is 10.1. The molecule has 2 rings (SSSR count). The number of methoxy groups -OCH3 is 1. The largest absolute Gasteiger partial charge is 0.497 e. The second-order valence-corrected chi connectivity index (χ2v) is 5.23. The maximum Gasteiger partial charge on any atom is 0.260 e. The average molecular weight is 300 g/mol. The van der Waals surface area contributed by atoms with Gasteiger partial charge >= 0.3 is 0 Å². The van der Waals surface area contributed by atoms with Crippen LogP contribution < -0.4 is 10.3 Å². The molecule has 1 unspecified atom stereocenters. The van der Waals surface area contributed by atoms with Crippen molar-refractivity contribution in [2.45, 2.75) is 19.4 Å². The highest BCUT2D eigenvalue weighted by Gasteiger charge is 2.19. The summed E-state index contributed by atoms with van der Waals surface area (Å²) in [5, 5.41) is 0. The maximum absolute atomic E-state index is 12.4. The number of aromatic amines is 1. The molecule has 5 heteroatoms. The van der Waals surface area contributed by atoms with Crippen LogP contribution in [0.3, 0.4) is 0 Å². The Labute approximate surface area is 129 Å². The zero-order valence-electron chi connectivity index (χ0n) is 13.0. The highest BCUT2D eigenvalue weighted by atomic mass is 16.5. The molecule has 1 aromatic heterocycles. The van der Waals surface area contributed by atoms with Gasteiger partial charge in [-0.25, -0.2) is 0 Å². The van der Waals surface area contributed by atoms with Crippen molar-refractivity contribution in [3.63, 3.8) is 0 Å². The number of benzene rings is 1. The smallest absolute Gasteiger partial charge is 0.260 e. The summed E-state index contributed by atoms with van der Waals surface area (Å²) in [5.41, 5.74) is 0.900. The van der Waals surface area contributed by atoms with Gasteiger partial charge in [0.15, 0.2) is 0 Å². The van der Waals surface area contributed by atoms with Crippen molar-refractivity contribution in [1.29, 1.82) is 0 Å². The molecule has 0 spiro atoms. The fourth-order valence-electron chi connectivity index (χ4n) is 2.22. The van der Waals surface area contributed by atoms with Gasteiger partial charge in [0, 0.05) is 19.3 Å². The summed E-state index contributed by atoms with van der Waals surface area (Å²) in [7, 11) is 3.34. The first-order chi connectivity index (χ1) is 10.5. The minimum Gasteiger partial charge on any atom is -0.497 e. The highest BCUT2D eigenvalue weighted by molar-refractivity contribution is 5.93. The van der Waals surface area contributed by atoms with Crippen LogP contribution in [0.2, 0.25) is 0 Å². The molecule has 1 aromatic carbocycles. The number of H-pyrrole nitrogens is 1. The number of carbonyl (C=O) groups excluding carboxylic acids is 1. The molecule has 1 N–H and O–H groups in total. The van der Waals surface area contributed by atoms with Crippen LogP contribution in [0, 0.1) is 0 Å². The van der Waals surface area contributed by atoms with Crippen LogP contribution in [-0.4, -0.2) is 36.0 Å². The van der Waals surface area contributed by atoms with Gasteiger partial charge in [0.25, 0.3) is 11.5 Å². The minimum atomic E-state index is -0.365. The number of hydrogen-bond acceptors (Lipinski definition) is 3. The quantitative estimate of drug-likeness (QED) is 0.919. The van der Waals surface area contributed by atoms with E-state index in [2.05, 4.69) is 4.98 Å². The first kappa shape index (κ1) is 15.8. The van der Waals surface area contributed by atoms with Crippen LogP contribution in [0.15, 0.2) is 47.4 Å². The molecular formula is C17H20N2O3. The number of pyridine rings is 1. The van der Waals surface area contributed by atoms with Gasteiger partial charge < -0.3 is 14.6 Å². The molecular weight excluding hydrogens is 280 g/mol. The number of hydrogen-bond donors (Lipinski definition) is 1. The monoisotopic (exact) mass is 300 g/mol. The van der Waals surface area contributed by atoms with Gasteiger partial charge in [-0.15, -0.1) is 0 Å². The Kier molecular flexibility index (Phi) is 4.99. The van der Waals surface area contributed by atoms with Crippen molar-refractivity contribution in [2.75, 3.05) is 14.2 Å². The molecule has 0 aliphatic carbocycles. The van der Waals surface area contributed by atoms with Crippen LogP contribution in [0.5, 0.6) is 5.75 Å². The zero-order chi connectivity index (χ0) is 16.1. The van der Waals surface area contributed by atoms with E-state index in [1.807, 2.05) is 31.2 Å². The molecule has 5 nitrogen and oxygen atoms in total. The third kappa shape index (κ3) is 3.55. The van der Waals surface area contributed by atoms with Gasteiger partial charge in [-0.3, -0.25) is 9.59 Å². The van der Waals surface area contributed by atoms with E-state index < -0.39 is 0 Å². The topological polar surface area (TPSA) is 62.4 Å². The summed E-state index contributed by atoms with van der Waals surface area (Å²) in [6.07, 6.45) is 2.22. The Balaban J connectivity index is 2.08. The van der Waals surface area contributed by atoms with Crippen molar-refractivity contribution in [3.05, 3.63) is 64.1 Å². The molecule has 0 radical (unpaired) electrons. The molecule has 0 aliphatic heterocycles. The number of likely N-dealkylation sites (N-methyl/N-ethyl adjacent to an activating group) is 1. The number of amides is 1. The molecule has 116 valence electrons. The SMILES string of the molecule is COc1ccc(CC(C)N(C)C(=O)c2ccc[nH]c2=O)cc1. The Bertz CT molecular complexity index is 692. The second-order valence-electron chi connectivity index (χ2n) is 5.23. The van der Waals surface area contributed by atoms with Gasteiger partial charge in [-0.1, -0.05) is 12.1 Å². The molecule has 0 saturated heterocycles. The van der Waals surface area contributed by atoms with Crippen molar-refractivity contribution < 1.29 is 9.53 Å². The molecule has 2 aromatic rings. The maximum atomic E-state index is 12.4. The Hall–Kier alpha value is -2.56. The summed E-state index contributed by atoms with van der Waals surface area (Å²) in [6, 6.07) is 10.9. The Morgan fingerprint density at radius 2 is 1.95 bits per heavy atom. The van der Waals surface area contributed by atoms with E-state index in [1.165, 1.54) is 12.3 Å². The predicted octanol–water partition coefficient (Wildman–Crippen LogP) is 2.09. The van der Waals surface area contributed by atoms with Crippen LogP contribution in [-0.2, 0) is 6.42 Å². The lowest BCUT2D eigenvalue weighted by molar-refractivity contribution is 0.0741. The zero-order valence-corrected chi connectivity index (χ0v) is 13.0. The molecule has 0 bridgehead atoms. The molecule has 1 heterocycles. The lowest BCUT2D eigenvalue weighted by Gasteiger charge is -2.25. The summed E-state index contributed by atoms with van der Waals surface area (Å²) >= 11 is 0. The molecule has 1 atom stereocenters. The van der Waals surface area contributed by atoms with E-state index in [9.17, 15) is 9.59 Å². The van der Waals surface area contributed by atoms with Gasteiger partial charge in [0.2, 0.25) is 0 Å². The molecule has 0 saturated carbocycles.